The van der Waals surface area contributed by atoms with Gasteiger partial charge >= 0.3 is 0 Å². The number of hydrogen-bond acceptors (Lipinski definition) is 0. The van der Waals surface area contributed by atoms with Crippen LogP contribution in [0, 0.1) is 0 Å². The summed E-state index contributed by atoms with van der Waals surface area (Å²) >= 11 is 0. The molecule has 3 aromatic carbocycles. The van der Waals surface area contributed by atoms with Gasteiger partial charge in [0.2, 0.25) is 0 Å². The first kappa shape index (κ1) is 14.1. The lowest BCUT2D eigenvalue weighted by Gasteiger charge is -2.02. The van der Waals surface area contributed by atoms with Gasteiger partial charge in [0.25, 0.3) is 0 Å². The van der Waals surface area contributed by atoms with E-state index >= 15 is 0 Å². The molecule has 106 valence electrons. The van der Waals surface area contributed by atoms with Crippen LogP contribution in [-0.4, -0.2) is 0 Å². The van der Waals surface area contributed by atoms with Crippen LogP contribution in [0.15, 0.2) is 97.1 Å². The van der Waals surface area contributed by atoms with E-state index in [1.807, 2.05) is 24.3 Å². The van der Waals surface area contributed by atoms with Crippen LogP contribution in [-0.2, 0) is 0 Å². The van der Waals surface area contributed by atoms with Gasteiger partial charge in [-0.15, -0.1) is 0 Å². The Labute approximate surface area is 132 Å². The molecule has 0 N–H and O–H groups in total. The van der Waals surface area contributed by atoms with E-state index in [9.17, 15) is 0 Å². The molecule has 0 aliphatic carbocycles. The minimum Gasteiger partial charge on any atom is -0.0622 e. The lowest BCUT2D eigenvalue weighted by atomic mass is 10.0. The summed E-state index contributed by atoms with van der Waals surface area (Å²) in [4.78, 5) is 0. The maximum absolute atomic E-state index is 2.21. The predicted octanol–water partition coefficient (Wildman–Crippen LogP) is 6.08. The summed E-state index contributed by atoms with van der Waals surface area (Å²) in [6.07, 6.45) is 8.39. The van der Waals surface area contributed by atoms with Gasteiger partial charge in [-0.3, -0.25) is 0 Å². The third kappa shape index (κ3) is 3.83. The smallest absolute Gasteiger partial charge is 0.0178 e. The van der Waals surface area contributed by atoms with E-state index in [1.54, 1.807) is 0 Å². The van der Waals surface area contributed by atoms with Crippen LogP contribution in [0.3, 0.4) is 0 Å². The van der Waals surface area contributed by atoms with Gasteiger partial charge in [-0.2, -0.15) is 0 Å². The van der Waals surface area contributed by atoms with Crippen molar-refractivity contribution in [3.63, 3.8) is 0 Å². The summed E-state index contributed by atoms with van der Waals surface area (Å²) in [5.74, 6) is 0. The molecule has 0 bridgehead atoms. The Bertz CT molecular complexity index is 765. The zero-order chi connectivity index (χ0) is 15.0. The van der Waals surface area contributed by atoms with Gasteiger partial charge in [-0.1, -0.05) is 103 Å². The van der Waals surface area contributed by atoms with Crippen molar-refractivity contribution in [3.8, 4) is 11.1 Å². The molecule has 0 radical (unpaired) electrons. The molecule has 0 spiro atoms. The molecule has 0 heterocycles. The van der Waals surface area contributed by atoms with E-state index in [4.69, 9.17) is 0 Å². The molecule has 0 aliphatic heterocycles. The number of allylic oxidation sites excluding steroid dienone is 2. The zero-order valence-electron chi connectivity index (χ0n) is 12.4. The van der Waals surface area contributed by atoms with Crippen molar-refractivity contribution in [1.29, 1.82) is 0 Å². The van der Waals surface area contributed by atoms with Crippen LogP contribution in [0.5, 0.6) is 0 Å². The van der Waals surface area contributed by atoms with Crippen LogP contribution >= 0.6 is 0 Å². The summed E-state index contributed by atoms with van der Waals surface area (Å²) in [6.45, 7) is 0. The van der Waals surface area contributed by atoms with Crippen LogP contribution in [0.2, 0.25) is 0 Å². The van der Waals surface area contributed by atoms with Crippen molar-refractivity contribution < 1.29 is 0 Å². The van der Waals surface area contributed by atoms with E-state index in [1.165, 1.54) is 22.3 Å². The van der Waals surface area contributed by atoms with Gasteiger partial charge < -0.3 is 0 Å². The molecule has 22 heavy (non-hydrogen) atoms. The van der Waals surface area contributed by atoms with Crippen molar-refractivity contribution in [1.82, 2.24) is 0 Å². The molecular formula is C22H18. The summed E-state index contributed by atoms with van der Waals surface area (Å²) in [5, 5.41) is 0. The maximum Gasteiger partial charge on any atom is -0.0178 e. The predicted molar refractivity (Wildman–Crippen MR) is 96.4 cm³/mol. The molecule has 0 aromatic heterocycles. The van der Waals surface area contributed by atoms with E-state index in [-0.39, 0.29) is 0 Å². The highest BCUT2D eigenvalue weighted by atomic mass is 14.0. The lowest BCUT2D eigenvalue weighted by Crippen LogP contribution is -1.78. The van der Waals surface area contributed by atoms with E-state index in [2.05, 4.69) is 85.0 Å². The maximum atomic E-state index is 2.21. The second-order valence-corrected chi connectivity index (χ2v) is 5.12. The fourth-order valence-electron chi connectivity index (χ4n) is 2.35. The third-order valence-electron chi connectivity index (χ3n) is 3.48. The topological polar surface area (TPSA) is 0 Å². The highest BCUT2D eigenvalue weighted by Gasteiger charge is 1.96. The number of hydrogen-bond donors (Lipinski definition) is 0. The molecule has 0 saturated carbocycles. The Hall–Kier alpha value is -2.86. The standard InChI is InChI=1S/C22H18/c1-3-10-19(11-4-1)12-7-8-13-20-14-9-17-22(18-20)21-15-5-2-6-16-21/h1-18H. The summed E-state index contributed by atoms with van der Waals surface area (Å²) in [7, 11) is 0. The van der Waals surface area contributed by atoms with Crippen LogP contribution in [0.1, 0.15) is 11.1 Å². The Morgan fingerprint density at radius 3 is 1.73 bits per heavy atom. The number of rotatable bonds is 4. The molecule has 0 atom stereocenters. The molecule has 0 heteroatoms. The molecule has 0 nitrogen and oxygen atoms in total. The zero-order valence-corrected chi connectivity index (χ0v) is 12.4. The lowest BCUT2D eigenvalue weighted by molar-refractivity contribution is 1.60. The highest BCUT2D eigenvalue weighted by Crippen LogP contribution is 2.20. The Balaban J connectivity index is 1.73. The summed E-state index contributed by atoms with van der Waals surface area (Å²) < 4.78 is 0. The molecule has 3 rings (SSSR count). The van der Waals surface area contributed by atoms with Crippen LogP contribution in [0.4, 0.5) is 0 Å². The summed E-state index contributed by atoms with van der Waals surface area (Å²) in [6, 6.07) is 29.4. The molecular weight excluding hydrogens is 264 g/mol. The first-order chi connectivity index (χ1) is 10.9. The Morgan fingerprint density at radius 2 is 1.00 bits per heavy atom. The van der Waals surface area contributed by atoms with Crippen LogP contribution in [0.25, 0.3) is 23.3 Å². The van der Waals surface area contributed by atoms with Gasteiger partial charge in [-0.05, 0) is 28.3 Å². The molecule has 0 unspecified atom stereocenters. The first-order valence-corrected chi connectivity index (χ1v) is 7.47. The summed E-state index contributed by atoms with van der Waals surface area (Å²) in [5.41, 5.74) is 4.91. The van der Waals surface area contributed by atoms with Crippen molar-refractivity contribution in [2.24, 2.45) is 0 Å². The average Bonchev–Trinajstić information content (AvgIpc) is 2.61. The van der Waals surface area contributed by atoms with Crippen molar-refractivity contribution in [3.05, 3.63) is 108 Å². The van der Waals surface area contributed by atoms with Gasteiger partial charge in [0.15, 0.2) is 0 Å². The Morgan fingerprint density at radius 1 is 0.455 bits per heavy atom. The molecule has 0 aliphatic rings. The molecule has 0 amide bonds. The van der Waals surface area contributed by atoms with Crippen molar-refractivity contribution >= 4 is 12.2 Å². The second kappa shape index (κ2) is 7.24. The monoisotopic (exact) mass is 282 g/mol. The van der Waals surface area contributed by atoms with Crippen LogP contribution < -0.4 is 0 Å². The van der Waals surface area contributed by atoms with Gasteiger partial charge in [0, 0.05) is 0 Å². The largest absolute Gasteiger partial charge is 0.0622 e. The van der Waals surface area contributed by atoms with E-state index in [0.29, 0.717) is 0 Å². The minimum atomic E-state index is 1.21. The van der Waals surface area contributed by atoms with E-state index in [0.717, 1.165) is 0 Å². The van der Waals surface area contributed by atoms with E-state index < -0.39 is 0 Å². The Kier molecular flexibility index (Phi) is 4.63. The van der Waals surface area contributed by atoms with Crippen molar-refractivity contribution in [2.75, 3.05) is 0 Å². The van der Waals surface area contributed by atoms with Gasteiger partial charge in [0.1, 0.15) is 0 Å². The normalized spacial score (nSPS) is 11.3. The fraction of sp³-hybridized carbons (Fsp3) is 0. The van der Waals surface area contributed by atoms with Crippen molar-refractivity contribution in [2.45, 2.75) is 0 Å². The molecule has 3 aromatic rings. The minimum absolute atomic E-state index is 1.21. The quantitative estimate of drug-likeness (QED) is 0.509. The molecule has 0 saturated heterocycles. The fourth-order valence-corrected chi connectivity index (χ4v) is 2.35. The third-order valence-corrected chi connectivity index (χ3v) is 3.48. The number of benzene rings is 3. The highest BCUT2D eigenvalue weighted by molar-refractivity contribution is 5.68. The van der Waals surface area contributed by atoms with Gasteiger partial charge in [-0.25, -0.2) is 0 Å². The molecule has 0 fully saturated rings. The second-order valence-electron chi connectivity index (χ2n) is 5.12. The average molecular weight is 282 g/mol. The SMILES string of the molecule is C(C=Cc1cccc(-c2ccccc2)c1)=Cc1ccccc1. The first-order valence-electron chi connectivity index (χ1n) is 7.47. The van der Waals surface area contributed by atoms with Gasteiger partial charge in [0.05, 0.1) is 0 Å².